The summed E-state index contributed by atoms with van der Waals surface area (Å²) in [5.74, 6) is -0.00689. The maximum Gasteiger partial charge on any atom is 0.322 e. The zero-order valence-corrected chi connectivity index (χ0v) is 13.9. The molecule has 3 aromatic rings. The second-order valence-electron chi connectivity index (χ2n) is 6.11. The Morgan fingerprint density at radius 3 is 2.77 bits per heavy atom. The lowest BCUT2D eigenvalue weighted by molar-refractivity contribution is 0.205. The van der Waals surface area contributed by atoms with Crippen molar-refractivity contribution in [3.63, 3.8) is 0 Å². The van der Waals surface area contributed by atoms with E-state index in [4.69, 9.17) is 0 Å². The molecule has 0 spiro atoms. The SMILES string of the molecule is O=C(Nc1ccc(-c2ccccc2)cc1F)N1CCCC1c1nn[nH]n1. The third-order valence-corrected chi connectivity index (χ3v) is 4.49. The smallest absolute Gasteiger partial charge is 0.314 e. The molecule has 0 bridgehead atoms. The number of halogens is 1. The zero-order chi connectivity index (χ0) is 17.9. The van der Waals surface area contributed by atoms with Gasteiger partial charge in [-0.25, -0.2) is 9.18 Å². The molecule has 2 N–H and O–H groups in total. The highest BCUT2D eigenvalue weighted by Crippen LogP contribution is 2.30. The van der Waals surface area contributed by atoms with Crippen LogP contribution < -0.4 is 5.32 Å². The number of tetrazole rings is 1. The number of hydrogen-bond acceptors (Lipinski definition) is 4. The summed E-state index contributed by atoms with van der Waals surface area (Å²) >= 11 is 0. The summed E-state index contributed by atoms with van der Waals surface area (Å²) in [5, 5.41) is 16.5. The highest BCUT2D eigenvalue weighted by Gasteiger charge is 2.33. The van der Waals surface area contributed by atoms with E-state index in [1.807, 2.05) is 30.3 Å². The molecule has 1 aromatic heterocycles. The molecular formula is C18H17FN6O. The minimum Gasteiger partial charge on any atom is -0.314 e. The van der Waals surface area contributed by atoms with Crippen LogP contribution in [-0.4, -0.2) is 38.1 Å². The zero-order valence-electron chi connectivity index (χ0n) is 13.9. The molecule has 4 rings (SSSR count). The Labute approximate surface area is 149 Å². The summed E-state index contributed by atoms with van der Waals surface area (Å²) in [5.41, 5.74) is 1.82. The first-order valence-corrected chi connectivity index (χ1v) is 8.38. The number of carbonyl (C=O) groups is 1. The topological polar surface area (TPSA) is 86.8 Å². The Morgan fingerprint density at radius 2 is 2.04 bits per heavy atom. The van der Waals surface area contributed by atoms with Crippen molar-refractivity contribution in [2.75, 3.05) is 11.9 Å². The molecule has 1 fully saturated rings. The molecule has 2 heterocycles. The van der Waals surface area contributed by atoms with Gasteiger partial charge in [0.1, 0.15) is 5.82 Å². The van der Waals surface area contributed by atoms with Crippen LogP contribution in [0.2, 0.25) is 0 Å². The highest BCUT2D eigenvalue weighted by molar-refractivity contribution is 5.90. The van der Waals surface area contributed by atoms with E-state index in [2.05, 4.69) is 25.9 Å². The Bertz CT molecular complexity index is 899. The fraction of sp³-hybridized carbons (Fsp3) is 0.222. The predicted molar refractivity (Wildman–Crippen MR) is 93.7 cm³/mol. The summed E-state index contributed by atoms with van der Waals surface area (Å²) in [6.07, 6.45) is 1.59. The summed E-state index contributed by atoms with van der Waals surface area (Å²) in [7, 11) is 0. The number of benzene rings is 2. The Balaban J connectivity index is 1.51. The van der Waals surface area contributed by atoms with E-state index in [0.717, 1.165) is 24.0 Å². The van der Waals surface area contributed by atoms with E-state index >= 15 is 0 Å². The molecule has 26 heavy (non-hydrogen) atoms. The molecule has 2 amide bonds. The third kappa shape index (κ3) is 3.13. The van der Waals surface area contributed by atoms with Crippen LogP contribution in [-0.2, 0) is 0 Å². The van der Waals surface area contributed by atoms with Crippen LogP contribution in [0.5, 0.6) is 0 Å². The van der Waals surface area contributed by atoms with E-state index in [0.29, 0.717) is 12.4 Å². The van der Waals surface area contributed by atoms with E-state index in [1.165, 1.54) is 6.07 Å². The number of anilines is 1. The molecule has 0 aliphatic carbocycles. The summed E-state index contributed by atoms with van der Waals surface area (Å²) in [6, 6.07) is 13.7. The lowest BCUT2D eigenvalue weighted by Crippen LogP contribution is -2.35. The van der Waals surface area contributed by atoms with Crippen LogP contribution in [0.3, 0.4) is 0 Å². The fourth-order valence-electron chi connectivity index (χ4n) is 3.20. The first-order chi connectivity index (χ1) is 12.7. The number of aromatic nitrogens is 4. The van der Waals surface area contributed by atoms with Crippen molar-refractivity contribution in [2.45, 2.75) is 18.9 Å². The predicted octanol–water partition coefficient (Wildman–Crippen LogP) is 3.37. The highest BCUT2D eigenvalue weighted by atomic mass is 19.1. The monoisotopic (exact) mass is 352 g/mol. The normalized spacial score (nSPS) is 16.7. The van der Waals surface area contributed by atoms with Gasteiger partial charge in [-0.2, -0.15) is 5.21 Å². The molecule has 2 aromatic carbocycles. The maximum atomic E-state index is 14.5. The minimum atomic E-state index is -0.477. The van der Waals surface area contributed by atoms with Gasteiger partial charge < -0.3 is 10.2 Å². The van der Waals surface area contributed by atoms with E-state index in [1.54, 1.807) is 17.0 Å². The first-order valence-electron chi connectivity index (χ1n) is 8.38. The van der Waals surface area contributed by atoms with Gasteiger partial charge in [0.05, 0.1) is 11.7 Å². The average Bonchev–Trinajstić information content (AvgIpc) is 3.35. The van der Waals surface area contributed by atoms with Crippen molar-refractivity contribution in [1.82, 2.24) is 25.5 Å². The number of hydrogen-bond donors (Lipinski definition) is 2. The molecule has 1 saturated heterocycles. The molecule has 132 valence electrons. The number of urea groups is 1. The minimum absolute atomic E-state index is 0.147. The van der Waals surface area contributed by atoms with Gasteiger partial charge in [-0.1, -0.05) is 41.6 Å². The number of likely N-dealkylation sites (tertiary alicyclic amines) is 1. The molecule has 1 aliphatic heterocycles. The van der Waals surface area contributed by atoms with Gasteiger partial charge in [-0.05, 0) is 36.1 Å². The van der Waals surface area contributed by atoms with E-state index in [-0.39, 0.29) is 17.8 Å². The van der Waals surface area contributed by atoms with Crippen LogP contribution in [0.15, 0.2) is 48.5 Å². The van der Waals surface area contributed by atoms with E-state index < -0.39 is 5.82 Å². The number of rotatable bonds is 3. The quantitative estimate of drug-likeness (QED) is 0.756. The Kier molecular flexibility index (Phi) is 4.30. The molecule has 8 heteroatoms. The Morgan fingerprint density at radius 1 is 1.19 bits per heavy atom. The number of H-pyrrole nitrogens is 1. The molecule has 0 saturated carbocycles. The number of nitrogens with one attached hydrogen (secondary N) is 2. The molecule has 1 atom stereocenters. The van der Waals surface area contributed by atoms with Crippen molar-refractivity contribution < 1.29 is 9.18 Å². The van der Waals surface area contributed by atoms with Gasteiger partial charge in [0.15, 0.2) is 5.82 Å². The van der Waals surface area contributed by atoms with Gasteiger partial charge >= 0.3 is 6.03 Å². The summed E-state index contributed by atoms with van der Waals surface area (Å²) in [4.78, 5) is 14.2. The fourth-order valence-corrected chi connectivity index (χ4v) is 3.20. The third-order valence-electron chi connectivity index (χ3n) is 4.49. The molecule has 1 aliphatic rings. The lowest BCUT2D eigenvalue weighted by atomic mass is 10.1. The van der Waals surface area contributed by atoms with Gasteiger partial charge in [0.2, 0.25) is 0 Å². The van der Waals surface area contributed by atoms with Gasteiger partial charge in [0, 0.05) is 6.54 Å². The van der Waals surface area contributed by atoms with Crippen molar-refractivity contribution in [3.05, 3.63) is 60.2 Å². The van der Waals surface area contributed by atoms with Gasteiger partial charge in [-0.15, -0.1) is 10.2 Å². The average molecular weight is 352 g/mol. The number of aromatic amines is 1. The molecule has 7 nitrogen and oxygen atoms in total. The molecule has 0 radical (unpaired) electrons. The van der Waals surface area contributed by atoms with E-state index in [9.17, 15) is 9.18 Å². The van der Waals surface area contributed by atoms with Gasteiger partial charge in [-0.3, -0.25) is 0 Å². The summed E-state index contributed by atoms with van der Waals surface area (Å²) in [6.45, 7) is 0.564. The second kappa shape index (κ2) is 6.91. The van der Waals surface area contributed by atoms with Crippen molar-refractivity contribution >= 4 is 11.7 Å². The van der Waals surface area contributed by atoms with Crippen LogP contribution in [0.1, 0.15) is 24.7 Å². The largest absolute Gasteiger partial charge is 0.322 e. The van der Waals surface area contributed by atoms with Crippen LogP contribution in [0.4, 0.5) is 14.9 Å². The van der Waals surface area contributed by atoms with Crippen LogP contribution in [0.25, 0.3) is 11.1 Å². The molecule has 1 unspecified atom stereocenters. The number of nitrogens with zero attached hydrogens (tertiary/aromatic N) is 4. The summed E-state index contributed by atoms with van der Waals surface area (Å²) < 4.78 is 14.5. The number of amides is 2. The van der Waals surface area contributed by atoms with Crippen molar-refractivity contribution in [1.29, 1.82) is 0 Å². The first kappa shape index (κ1) is 16.2. The lowest BCUT2D eigenvalue weighted by Gasteiger charge is -2.22. The van der Waals surface area contributed by atoms with Crippen molar-refractivity contribution in [3.8, 4) is 11.1 Å². The van der Waals surface area contributed by atoms with Gasteiger partial charge in [0.25, 0.3) is 0 Å². The standard InChI is InChI=1S/C18H17FN6O/c19-14-11-13(12-5-2-1-3-6-12)8-9-15(14)20-18(26)25-10-4-7-16(25)17-21-23-24-22-17/h1-3,5-6,8-9,11,16H,4,7,10H2,(H,20,26)(H,21,22,23,24). The second-order valence-corrected chi connectivity index (χ2v) is 6.11. The Hall–Kier alpha value is -3.29. The molecular weight excluding hydrogens is 335 g/mol. The maximum absolute atomic E-state index is 14.5. The van der Waals surface area contributed by atoms with Crippen LogP contribution in [0, 0.1) is 5.82 Å². The van der Waals surface area contributed by atoms with Crippen molar-refractivity contribution in [2.24, 2.45) is 0 Å². The number of carbonyl (C=O) groups excluding carboxylic acids is 1. The van der Waals surface area contributed by atoms with Crippen LogP contribution >= 0.6 is 0 Å².